The number of carboxylic acids is 1. The van der Waals surface area contributed by atoms with Gasteiger partial charge < -0.3 is 10.4 Å². The molecule has 2 aromatic rings. The standard InChI is InChI=1S/C13H6ClF4NO2/c14-7-3-6(15)4-10(18)11(7)19-12-8(16)1-5(13(20)21)2-9(12)17/h1-4,19H,(H,20,21). The van der Waals surface area contributed by atoms with E-state index < -0.39 is 51.2 Å². The van der Waals surface area contributed by atoms with Gasteiger partial charge in [0.2, 0.25) is 0 Å². The van der Waals surface area contributed by atoms with Crippen molar-refractivity contribution in [2.45, 2.75) is 0 Å². The molecule has 3 nitrogen and oxygen atoms in total. The van der Waals surface area contributed by atoms with E-state index >= 15 is 0 Å². The molecule has 8 heteroatoms. The van der Waals surface area contributed by atoms with Crippen molar-refractivity contribution in [3.63, 3.8) is 0 Å². The van der Waals surface area contributed by atoms with Crippen LogP contribution >= 0.6 is 11.6 Å². The Morgan fingerprint density at radius 3 is 1.95 bits per heavy atom. The summed E-state index contributed by atoms with van der Waals surface area (Å²) in [5, 5.41) is 10.3. The van der Waals surface area contributed by atoms with Gasteiger partial charge in [-0.2, -0.15) is 0 Å². The van der Waals surface area contributed by atoms with Crippen LogP contribution in [0.4, 0.5) is 28.9 Å². The summed E-state index contributed by atoms with van der Waals surface area (Å²) < 4.78 is 53.8. The summed E-state index contributed by atoms with van der Waals surface area (Å²) in [5.41, 5.74) is -1.94. The zero-order valence-corrected chi connectivity index (χ0v) is 10.8. The number of hydrogen-bond donors (Lipinski definition) is 2. The maximum absolute atomic E-state index is 13.7. The van der Waals surface area contributed by atoms with Crippen molar-refractivity contribution in [3.8, 4) is 0 Å². The fourth-order valence-corrected chi connectivity index (χ4v) is 1.84. The molecule has 0 unspecified atom stereocenters. The first-order chi connectivity index (χ1) is 9.79. The molecule has 0 fully saturated rings. The van der Waals surface area contributed by atoms with Gasteiger partial charge in [-0.3, -0.25) is 0 Å². The van der Waals surface area contributed by atoms with Gasteiger partial charge in [0, 0.05) is 6.07 Å². The summed E-state index contributed by atoms with van der Waals surface area (Å²) in [4.78, 5) is 10.6. The number of benzene rings is 2. The van der Waals surface area contributed by atoms with E-state index in [1.165, 1.54) is 0 Å². The highest BCUT2D eigenvalue weighted by Gasteiger charge is 2.18. The van der Waals surface area contributed by atoms with E-state index in [4.69, 9.17) is 16.7 Å². The Morgan fingerprint density at radius 2 is 1.48 bits per heavy atom. The lowest BCUT2D eigenvalue weighted by molar-refractivity contribution is 0.0696. The molecule has 21 heavy (non-hydrogen) atoms. The van der Waals surface area contributed by atoms with Crippen molar-refractivity contribution < 1.29 is 27.5 Å². The SMILES string of the molecule is O=C(O)c1cc(F)c(Nc2c(F)cc(F)cc2Cl)c(F)c1. The molecule has 110 valence electrons. The maximum atomic E-state index is 13.7. The topological polar surface area (TPSA) is 49.3 Å². The summed E-state index contributed by atoms with van der Waals surface area (Å²) in [6.07, 6.45) is 0. The molecule has 0 saturated heterocycles. The van der Waals surface area contributed by atoms with E-state index in [0.717, 1.165) is 6.07 Å². The third kappa shape index (κ3) is 3.08. The average molecular weight is 320 g/mol. The van der Waals surface area contributed by atoms with Crippen LogP contribution in [-0.2, 0) is 0 Å². The highest BCUT2D eigenvalue weighted by Crippen LogP contribution is 2.32. The van der Waals surface area contributed by atoms with Crippen LogP contribution in [0.5, 0.6) is 0 Å². The normalized spacial score (nSPS) is 10.5. The first-order valence-electron chi connectivity index (χ1n) is 5.43. The Morgan fingerprint density at radius 1 is 0.952 bits per heavy atom. The van der Waals surface area contributed by atoms with Crippen molar-refractivity contribution in [2.75, 3.05) is 5.32 Å². The van der Waals surface area contributed by atoms with Crippen molar-refractivity contribution in [1.82, 2.24) is 0 Å². The third-order valence-electron chi connectivity index (χ3n) is 2.55. The minimum Gasteiger partial charge on any atom is -0.478 e. The molecule has 0 saturated carbocycles. The molecule has 0 aliphatic rings. The van der Waals surface area contributed by atoms with Crippen LogP contribution in [0.2, 0.25) is 5.02 Å². The summed E-state index contributed by atoms with van der Waals surface area (Å²) in [7, 11) is 0. The Balaban J connectivity index is 2.48. The van der Waals surface area contributed by atoms with Crippen LogP contribution in [0.15, 0.2) is 24.3 Å². The van der Waals surface area contributed by atoms with Gasteiger partial charge in [-0.05, 0) is 18.2 Å². The van der Waals surface area contributed by atoms with Crippen molar-refractivity contribution in [3.05, 3.63) is 58.1 Å². The van der Waals surface area contributed by atoms with Gasteiger partial charge in [-0.15, -0.1) is 0 Å². The Bertz CT molecular complexity index is 690. The molecular weight excluding hydrogens is 314 g/mol. The Labute approximate surface area is 120 Å². The summed E-state index contributed by atoms with van der Waals surface area (Å²) in [6.45, 7) is 0. The lowest BCUT2D eigenvalue weighted by atomic mass is 10.1. The van der Waals surface area contributed by atoms with Crippen LogP contribution in [-0.4, -0.2) is 11.1 Å². The summed E-state index contributed by atoms with van der Waals surface area (Å²) in [5.74, 6) is -6.14. The predicted octanol–water partition coefficient (Wildman–Crippen LogP) is 4.34. The highest BCUT2D eigenvalue weighted by molar-refractivity contribution is 6.33. The molecule has 0 bridgehead atoms. The second-order valence-corrected chi connectivity index (χ2v) is 4.40. The fourth-order valence-electron chi connectivity index (χ4n) is 1.60. The second-order valence-electron chi connectivity index (χ2n) is 3.99. The van der Waals surface area contributed by atoms with Gasteiger partial charge in [-0.25, -0.2) is 22.4 Å². The zero-order valence-electron chi connectivity index (χ0n) is 10.1. The number of carboxylic acid groups (broad SMARTS) is 1. The van der Waals surface area contributed by atoms with Gasteiger partial charge in [0.1, 0.15) is 11.5 Å². The van der Waals surface area contributed by atoms with Gasteiger partial charge in [0.05, 0.1) is 16.3 Å². The fraction of sp³-hybridized carbons (Fsp3) is 0. The molecule has 0 radical (unpaired) electrons. The Hall–Kier alpha value is -2.28. The lowest BCUT2D eigenvalue weighted by Crippen LogP contribution is -2.04. The monoisotopic (exact) mass is 319 g/mol. The van der Waals surface area contributed by atoms with Gasteiger partial charge >= 0.3 is 5.97 Å². The first kappa shape index (κ1) is 15.1. The second kappa shape index (κ2) is 5.61. The quantitative estimate of drug-likeness (QED) is 0.827. The smallest absolute Gasteiger partial charge is 0.335 e. The van der Waals surface area contributed by atoms with Gasteiger partial charge in [0.25, 0.3) is 0 Å². The van der Waals surface area contributed by atoms with Crippen LogP contribution in [0.25, 0.3) is 0 Å². The van der Waals surface area contributed by atoms with Crippen LogP contribution < -0.4 is 5.32 Å². The lowest BCUT2D eigenvalue weighted by Gasteiger charge is -2.12. The number of nitrogens with one attached hydrogen (secondary N) is 1. The van der Waals surface area contributed by atoms with Gasteiger partial charge in [0.15, 0.2) is 17.5 Å². The van der Waals surface area contributed by atoms with Crippen molar-refractivity contribution in [1.29, 1.82) is 0 Å². The molecule has 0 aliphatic carbocycles. The van der Waals surface area contributed by atoms with Crippen LogP contribution in [0.1, 0.15) is 10.4 Å². The molecule has 2 aromatic carbocycles. The number of hydrogen-bond acceptors (Lipinski definition) is 2. The molecular formula is C13H6ClF4NO2. The minimum atomic E-state index is -1.52. The average Bonchev–Trinajstić information content (AvgIpc) is 2.35. The van der Waals surface area contributed by atoms with E-state index in [1.54, 1.807) is 0 Å². The minimum absolute atomic E-state index is 0.423. The van der Waals surface area contributed by atoms with E-state index in [1.807, 2.05) is 0 Å². The number of halogens is 5. The largest absolute Gasteiger partial charge is 0.478 e. The number of anilines is 2. The molecule has 0 aliphatic heterocycles. The van der Waals surface area contributed by atoms with Crippen LogP contribution in [0.3, 0.4) is 0 Å². The molecule has 2 rings (SSSR count). The summed E-state index contributed by atoms with van der Waals surface area (Å²) >= 11 is 5.59. The maximum Gasteiger partial charge on any atom is 0.335 e. The van der Waals surface area contributed by atoms with E-state index in [-0.39, 0.29) is 0 Å². The molecule has 0 aromatic heterocycles. The predicted molar refractivity (Wildman–Crippen MR) is 68.0 cm³/mol. The number of rotatable bonds is 3. The summed E-state index contributed by atoms with van der Waals surface area (Å²) in [6, 6.07) is 2.36. The molecule has 2 N–H and O–H groups in total. The van der Waals surface area contributed by atoms with E-state index in [2.05, 4.69) is 5.32 Å². The third-order valence-corrected chi connectivity index (χ3v) is 2.84. The molecule has 0 spiro atoms. The van der Waals surface area contributed by atoms with Gasteiger partial charge in [-0.1, -0.05) is 11.6 Å². The first-order valence-corrected chi connectivity index (χ1v) is 5.81. The van der Waals surface area contributed by atoms with Crippen LogP contribution in [0, 0.1) is 23.3 Å². The van der Waals surface area contributed by atoms with E-state index in [9.17, 15) is 22.4 Å². The Kier molecular flexibility index (Phi) is 4.04. The molecule has 0 heterocycles. The molecule has 0 atom stereocenters. The van der Waals surface area contributed by atoms with E-state index in [0.29, 0.717) is 18.2 Å². The number of aromatic carboxylic acids is 1. The highest BCUT2D eigenvalue weighted by atomic mass is 35.5. The van der Waals surface area contributed by atoms with Crippen molar-refractivity contribution >= 4 is 28.9 Å². The number of carbonyl (C=O) groups is 1. The van der Waals surface area contributed by atoms with Crippen molar-refractivity contribution in [2.24, 2.45) is 0 Å². The zero-order chi connectivity index (χ0) is 15.7. The molecule has 0 amide bonds.